The van der Waals surface area contributed by atoms with Gasteiger partial charge >= 0.3 is 5.97 Å². The minimum atomic E-state index is -0.915. The van der Waals surface area contributed by atoms with Crippen molar-refractivity contribution in [3.8, 4) is 0 Å². The molecule has 1 aliphatic carbocycles. The Labute approximate surface area is 119 Å². The molecule has 0 radical (unpaired) electrons. The van der Waals surface area contributed by atoms with Crippen LogP contribution in [0.15, 0.2) is 0 Å². The number of aliphatic carboxylic acids is 1. The molecule has 0 spiro atoms. The van der Waals surface area contributed by atoms with Gasteiger partial charge in [0.2, 0.25) is 11.8 Å². The first-order valence-corrected chi connectivity index (χ1v) is 6.96. The number of rotatable bonds is 6. The van der Waals surface area contributed by atoms with Crippen LogP contribution in [0.5, 0.6) is 0 Å². The minimum absolute atomic E-state index is 0.00778. The molecule has 1 aliphatic rings. The summed E-state index contributed by atoms with van der Waals surface area (Å²) in [4.78, 5) is 34.9. The number of nitrogens with one attached hydrogen (secondary N) is 2. The van der Waals surface area contributed by atoms with Gasteiger partial charge in [-0.3, -0.25) is 14.4 Å². The molecule has 0 saturated heterocycles. The highest BCUT2D eigenvalue weighted by atomic mass is 16.4. The maximum absolute atomic E-state index is 12.0. The Hall–Kier alpha value is -1.59. The van der Waals surface area contributed by atoms with Gasteiger partial charge < -0.3 is 15.7 Å². The van der Waals surface area contributed by atoms with Gasteiger partial charge in [0.05, 0.1) is 10.8 Å². The van der Waals surface area contributed by atoms with E-state index in [1.54, 1.807) is 20.9 Å². The number of carboxylic acid groups (broad SMARTS) is 1. The monoisotopic (exact) mass is 284 g/mol. The van der Waals surface area contributed by atoms with Crippen molar-refractivity contribution in [2.45, 2.75) is 46.0 Å². The molecular formula is C14H24N2O4. The largest absolute Gasteiger partial charge is 0.481 e. The zero-order chi connectivity index (χ0) is 15.4. The zero-order valence-corrected chi connectivity index (χ0v) is 12.4. The lowest BCUT2D eigenvalue weighted by molar-refractivity contribution is -0.151. The molecule has 3 N–H and O–H groups in total. The van der Waals surface area contributed by atoms with Gasteiger partial charge in [-0.1, -0.05) is 12.8 Å². The quantitative estimate of drug-likeness (QED) is 0.675. The molecule has 0 heterocycles. The van der Waals surface area contributed by atoms with E-state index in [0.717, 1.165) is 12.8 Å². The third kappa shape index (κ3) is 3.71. The van der Waals surface area contributed by atoms with E-state index in [4.69, 9.17) is 0 Å². The van der Waals surface area contributed by atoms with E-state index < -0.39 is 16.8 Å². The van der Waals surface area contributed by atoms with Crippen molar-refractivity contribution >= 4 is 17.8 Å². The molecule has 0 aromatic carbocycles. The van der Waals surface area contributed by atoms with E-state index in [9.17, 15) is 19.5 Å². The first-order valence-electron chi connectivity index (χ1n) is 6.96. The minimum Gasteiger partial charge on any atom is -0.481 e. The third-order valence-corrected chi connectivity index (χ3v) is 4.08. The van der Waals surface area contributed by atoms with Crippen LogP contribution in [-0.2, 0) is 14.4 Å². The van der Waals surface area contributed by atoms with Gasteiger partial charge in [0, 0.05) is 20.0 Å². The second-order valence-corrected chi connectivity index (χ2v) is 6.21. The van der Waals surface area contributed by atoms with Gasteiger partial charge in [-0.15, -0.1) is 0 Å². The van der Waals surface area contributed by atoms with Gasteiger partial charge in [-0.25, -0.2) is 0 Å². The van der Waals surface area contributed by atoms with E-state index >= 15 is 0 Å². The fraction of sp³-hybridized carbons (Fsp3) is 0.786. The molecule has 6 heteroatoms. The molecule has 1 rings (SSSR count). The van der Waals surface area contributed by atoms with Crippen LogP contribution >= 0.6 is 0 Å². The van der Waals surface area contributed by atoms with E-state index in [1.165, 1.54) is 0 Å². The highest BCUT2D eigenvalue weighted by Gasteiger charge is 2.43. The van der Waals surface area contributed by atoms with Crippen molar-refractivity contribution < 1.29 is 19.5 Å². The predicted octanol–water partition coefficient (Wildman–Crippen LogP) is 0.910. The van der Waals surface area contributed by atoms with Gasteiger partial charge in [0.15, 0.2) is 0 Å². The van der Waals surface area contributed by atoms with Crippen LogP contribution in [0.25, 0.3) is 0 Å². The van der Waals surface area contributed by atoms with Crippen LogP contribution in [-0.4, -0.2) is 36.5 Å². The Balaban J connectivity index is 2.55. The fourth-order valence-electron chi connectivity index (χ4n) is 2.63. The summed E-state index contributed by atoms with van der Waals surface area (Å²) in [7, 11) is 1.55. The molecule has 0 bridgehead atoms. The molecule has 0 unspecified atom stereocenters. The fourth-order valence-corrected chi connectivity index (χ4v) is 2.63. The second kappa shape index (κ2) is 6.24. The van der Waals surface area contributed by atoms with Crippen LogP contribution in [0.4, 0.5) is 0 Å². The van der Waals surface area contributed by atoms with Crippen LogP contribution < -0.4 is 10.6 Å². The maximum Gasteiger partial charge on any atom is 0.310 e. The van der Waals surface area contributed by atoms with Gasteiger partial charge in [-0.05, 0) is 26.7 Å². The van der Waals surface area contributed by atoms with Crippen molar-refractivity contribution in [3.63, 3.8) is 0 Å². The smallest absolute Gasteiger partial charge is 0.310 e. The van der Waals surface area contributed by atoms with Gasteiger partial charge in [-0.2, -0.15) is 0 Å². The standard InChI is InChI=1S/C14H24N2O4/c1-13(2,11(18)15-3)9-16-10(17)8-14(12(19)20)6-4-5-7-14/h4-9H2,1-3H3,(H,15,18)(H,16,17)(H,19,20). The average molecular weight is 284 g/mol. The summed E-state index contributed by atoms with van der Waals surface area (Å²) in [5, 5.41) is 14.5. The van der Waals surface area contributed by atoms with E-state index in [0.29, 0.717) is 12.8 Å². The Kier molecular flexibility index (Phi) is 5.14. The van der Waals surface area contributed by atoms with Crippen molar-refractivity contribution in [2.75, 3.05) is 13.6 Å². The molecule has 0 aromatic rings. The molecule has 0 atom stereocenters. The Morgan fingerprint density at radius 3 is 2.20 bits per heavy atom. The van der Waals surface area contributed by atoms with E-state index in [2.05, 4.69) is 10.6 Å². The first-order chi connectivity index (χ1) is 9.23. The second-order valence-electron chi connectivity index (χ2n) is 6.21. The van der Waals surface area contributed by atoms with Crippen molar-refractivity contribution in [2.24, 2.45) is 10.8 Å². The lowest BCUT2D eigenvalue weighted by atomic mass is 9.82. The summed E-state index contributed by atoms with van der Waals surface area (Å²) in [6.07, 6.45) is 2.79. The predicted molar refractivity (Wildman–Crippen MR) is 74.0 cm³/mol. The summed E-state index contributed by atoms with van der Waals surface area (Å²) in [6, 6.07) is 0. The third-order valence-electron chi connectivity index (χ3n) is 4.08. The molecule has 2 amide bonds. The summed E-state index contributed by atoms with van der Waals surface area (Å²) in [6.45, 7) is 3.66. The summed E-state index contributed by atoms with van der Waals surface area (Å²) >= 11 is 0. The number of amides is 2. The van der Waals surface area contributed by atoms with Gasteiger partial charge in [0.25, 0.3) is 0 Å². The molecule has 1 fully saturated rings. The van der Waals surface area contributed by atoms with Crippen molar-refractivity contribution in [1.82, 2.24) is 10.6 Å². The van der Waals surface area contributed by atoms with Crippen LogP contribution in [0.2, 0.25) is 0 Å². The highest BCUT2D eigenvalue weighted by molar-refractivity contribution is 5.86. The average Bonchev–Trinajstić information content (AvgIpc) is 2.85. The van der Waals surface area contributed by atoms with Gasteiger partial charge in [0.1, 0.15) is 0 Å². The number of carbonyl (C=O) groups excluding carboxylic acids is 2. The highest BCUT2D eigenvalue weighted by Crippen LogP contribution is 2.41. The molecule has 0 aromatic heterocycles. The number of hydrogen-bond donors (Lipinski definition) is 3. The van der Waals surface area contributed by atoms with Crippen LogP contribution in [0.1, 0.15) is 46.0 Å². The SMILES string of the molecule is CNC(=O)C(C)(C)CNC(=O)CC1(C(=O)O)CCCC1. The summed E-state index contributed by atoms with van der Waals surface area (Å²) < 4.78 is 0. The molecule has 6 nitrogen and oxygen atoms in total. The lowest BCUT2D eigenvalue weighted by Crippen LogP contribution is -2.45. The number of hydrogen-bond acceptors (Lipinski definition) is 3. The summed E-state index contributed by atoms with van der Waals surface area (Å²) in [5.74, 6) is -1.35. The van der Waals surface area contributed by atoms with E-state index in [-0.39, 0.29) is 24.8 Å². The first kappa shape index (κ1) is 16.5. The topological polar surface area (TPSA) is 95.5 Å². The maximum atomic E-state index is 12.0. The Morgan fingerprint density at radius 1 is 1.20 bits per heavy atom. The zero-order valence-electron chi connectivity index (χ0n) is 12.4. The lowest BCUT2D eigenvalue weighted by Gasteiger charge is -2.26. The van der Waals surface area contributed by atoms with E-state index in [1.807, 2.05) is 0 Å². The Bertz CT molecular complexity index is 398. The molecular weight excluding hydrogens is 260 g/mol. The normalized spacial score (nSPS) is 17.6. The van der Waals surface area contributed by atoms with Crippen molar-refractivity contribution in [3.05, 3.63) is 0 Å². The number of carboxylic acids is 1. The van der Waals surface area contributed by atoms with Crippen LogP contribution in [0, 0.1) is 10.8 Å². The Morgan fingerprint density at radius 2 is 1.75 bits per heavy atom. The summed E-state index contributed by atoms with van der Waals surface area (Å²) in [5.41, 5.74) is -1.63. The van der Waals surface area contributed by atoms with Crippen molar-refractivity contribution in [1.29, 1.82) is 0 Å². The molecule has 0 aliphatic heterocycles. The molecule has 1 saturated carbocycles. The molecule has 114 valence electrons. The molecule has 20 heavy (non-hydrogen) atoms. The number of carbonyl (C=O) groups is 3. The van der Waals surface area contributed by atoms with Crippen LogP contribution in [0.3, 0.4) is 0 Å².